The van der Waals surface area contributed by atoms with E-state index in [2.05, 4.69) is 48.3 Å². The van der Waals surface area contributed by atoms with Gasteiger partial charge in [-0.05, 0) is 42.4 Å². The van der Waals surface area contributed by atoms with E-state index in [0.29, 0.717) is 6.04 Å². The molecule has 1 fully saturated rings. The third-order valence-electron chi connectivity index (χ3n) is 5.25. The molecule has 1 aromatic carbocycles. The molecule has 0 amide bonds. The van der Waals surface area contributed by atoms with Gasteiger partial charge in [0, 0.05) is 5.70 Å². The Morgan fingerprint density at radius 3 is 2.59 bits per heavy atom. The molecular formula is C21H29N. The Balaban J connectivity index is 1.49. The summed E-state index contributed by atoms with van der Waals surface area (Å²) < 4.78 is 0. The van der Waals surface area contributed by atoms with Crippen LogP contribution in [0.25, 0.3) is 0 Å². The lowest BCUT2D eigenvalue weighted by Gasteiger charge is -2.22. The second-order valence-electron chi connectivity index (χ2n) is 7.03. The fourth-order valence-electron chi connectivity index (χ4n) is 4.03. The van der Waals surface area contributed by atoms with Crippen molar-refractivity contribution in [1.82, 2.24) is 5.32 Å². The van der Waals surface area contributed by atoms with Gasteiger partial charge in [0.2, 0.25) is 0 Å². The molecule has 3 rings (SSSR count). The van der Waals surface area contributed by atoms with Crippen LogP contribution in [0.3, 0.4) is 0 Å². The zero-order valence-electron chi connectivity index (χ0n) is 13.7. The monoisotopic (exact) mass is 295 g/mol. The highest BCUT2D eigenvalue weighted by Crippen LogP contribution is 2.30. The predicted octanol–water partition coefficient (Wildman–Crippen LogP) is 5.39. The molecular weight excluding hydrogens is 266 g/mol. The van der Waals surface area contributed by atoms with Crippen LogP contribution in [0.15, 0.2) is 54.3 Å². The lowest BCUT2D eigenvalue weighted by molar-refractivity contribution is 0.331. The topological polar surface area (TPSA) is 12.0 Å². The molecule has 0 unspecified atom stereocenters. The summed E-state index contributed by atoms with van der Waals surface area (Å²) in [7, 11) is 0. The van der Waals surface area contributed by atoms with Gasteiger partial charge in [0.25, 0.3) is 0 Å². The highest BCUT2D eigenvalue weighted by atomic mass is 14.9. The molecule has 118 valence electrons. The Kier molecular flexibility index (Phi) is 5.37. The van der Waals surface area contributed by atoms with E-state index in [0.717, 1.165) is 18.0 Å². The Hall–Kier alpha value is -1.50. The van der Waals surface area contributed by atoms with Gasteiger partial charge in [-0.1, -0.05) is 75.4 Å². The van der Waals surface area contributed by atoms with E-state index in [-0.39, 0.29) is 0 Å². The van der Waals surface area contributed by atoms with Crippen molar-refractivity contribution in [1.29, 1.82) is 0 Å². The van der Waals surface area contributed by atoms with E-state index in [1.165, 1.54) is 56.9 Å². The molecule has 1 atom stereocenters. The summed E-state index contributed by atoms with van der Waals surface area (Å²) in [4.78, 5) is 0. The highest BCUT2D eigenvalue weighted by molar-refractivity contribution is 5.34. The smallest absolute Gasteiger partial charge is 0.0517 e. The molecule has 1 heterocycles. The first-order valence-corrected chi connectivity index (χ1v) is 9.01. The first-order chi connectivity index (χ1) is 10.8. The quantitative estimate of drug-likeness (QED) is 0.741. The van der Waals surface area contributed by atoms with Gasteiger partial charge in [-0.15, -0.1) is 0 Å². The number of rotatable bonds is 6. The maximum absolute atomic E-state index is 4.11. The van der Waals surface area contributed by atoms with Gasteiger partial charge in [-0.25, -0.2) is 0 Å². The van der Waals surface area contributed by atoms with Gasteiger partial charge in [0.1, 0.15) is 0 Å². The van der Waals surface area contributed by atoms with Gasteiger partial charge < -0.3 is 5.32 Å². The van der Waals surface area contributed by atoms with Gasteiger partial charge in [0.15, 0.2) is 0 Å². The van der Waals surface area contributed by atoms with E-state index in [1.807, 2.05) is 0 Å². The highest BCUT2D eigenvalue weighted by Gasteiger charge is 2.21. The van der Waals surface area contributed by atoms with Crippen LogP contribution in [0.1, 0.15) is 56.9 Å². The largest absolute Gasteiger partial charge is 0.379 e. The number of nitrogens with one attached hydrogen (secondary N) is 1. The van der Waals surface area contributed by atoms with Crippen LogP contribution in [0.5, 0.6) is 0 Å². The number of hydrogen-bond donors (Lipinski definition) is 1. The van der Waals surface area contributed by atoms with Gasteiger partial charge in [-0.3, -0.25) is 0 Å². The van der Waals surface area contributed by atoms with Crippen LogP contribution in [-0.2, 0) is 6.42 Å². The van der Waals surface area contributed by atoms with Crippen LogP contribution < -0.4 is 5.32 Å². The minimum Gasteiger partial charge on any atom is -0.379 e. The SMILES string of the molecule is C=C1C=C(CCCC2CCCCC2)[C@H](Cc2ccccc2)N1. The minimum atomic E-state index is 0.459. The minimum absolute atomic E-state index is 0.459. The molecule has 2 aliphatic rings. The van der Waals surface area contributed by atoms with Gasteiger partial charge in [0.05, 0.1) is 6.04 Å². The Bertz CT molecular complexity index is 508. The maximum Gasteiger partial charge on any atom is 0.0517 e. The van der Waals surface area contributed by atoms with Crippen LogP contribution in [0.4, 0.5) is 0 Å². The third-order valence-corrected chi connectivity index (χ3v) is 5.25. The second-order valence-corrected chi connectivity index (χ2v) is 7.03. The Labute approximate surface area is 135 Å². The fourth-order valence-corrected chi connectivity index (χ4v) is 4.03. The summed E-state index contributed by atoms with van der Waals surface area (Å²) in [5.41, 5.74) is 4.06. The second kappa shape index (κ2) is 7.67. The van der Waals surface area contributed by atoms with Crippen molar-refractivity contribution in [3.8, 4) is 0 Å². The molecule has 22 heavy (non-hydrogen) atoms. The zero-order valence-corrected chi connectivity index (χ0v) is 13.7. The van der Waals surface area contributed by atoms with E-state index in [4.69, 9.17) is 0 Å². The molecule has 1 heteroatoms. The zero-order chi connectivity index (χ0) is 15.2. The standard InChI is InChI=1S/C21H29N/c1-17-15-20(14-8-13-18-9-4-2-5-10-18)21(22-17)16-19-11-6-3-7-12-19/h3,6-7,11-12,15,18,21-22H,1-2,4-5,8-10,13-14,16H2/t21-/m0/s1. The summed E-state index contributed by atoms with van der Waals surface area (Å²) >= 11 is 0. The van der Waals surface area contributed by atoms with Crippen LogP contribution in [-0.4, -0.2) is 6.04 Å². The van der Waals surface area contributed by atoms with Crippen LogP contribution in [0.2, 0.25) is 0 Å². The third kappa shape index (κ3) is 4.25. The van der Waals surface area contributed by atoms with E-state index in [1.54, 1.807) is 5.57 Å². The molecule has 1 N–H and O–H groups in total. The van der Waals surface area contributed by atoms with Crippen molar-refractivity contribution in [2.45, 2.75) is 63.8 Å². The molecule has 0 radical (unpaired) electrons. The number of allylic oxidation sites excluding steroid dienone is 1. The lowest BCUT2D eigenvalue weighted by atomic mass is 9.85. The average molecular weight is 295 g/mol. The first-order valence-electron chi connectivity index (χ1n) is 9.01. The van der Waals surface area contributed by atoms with E-state index < -0.39 is 0 Å². The molecule has 0 saturated heterocycles. The summed E-state index contributed by atoms with van der Waals surface area (Å²) in [6.07, 6.45) is 14.7. The van der Waals surface area contributed by atoms with Crippen molar-refractivity contribution >= 4 is 0 Å². The molecule has 1 aliphatic carbocycles. The summed E-state index contributed by atoms with van der Waals surface area (Å²) in [6, 6.07) is 11.3. The van der Waals surface area contributed by atoms with Crippen molar-refractivity contribution < 1.29 is 0 Å². The lowest BCUT2D eigenvalue weighted by Crippen LogP contribution is -2.26. The number of hydrogen-bond acceptors (Lipinski definition) is 1. The summed E-state index contributed by atoms with van der Waals surface area (Å²) in [6.45, 7) is 4.11. The Morgan fingerprint density at radius 1 is 1.05 bits per heavy atom. The molecule has 1 saturated carbocycles. The maximum atomic E-state index is 4.11. The van der Waals surface area contributed by atoms with Crippen LogP contribution >= 0.6 is 0 Å². The van der Waals surface area contributed by atoms with Crippen LogP contribution in [0, 0.1) is 5.92 Å². The predicted molar refractivity (Wildman–Crippen MR) is 94.7 cm³/mol. The first kappa shape index (κ1) is 15.4. The molecule has 0 spiro atoms. The van der Waals surface area contributed by atoms with Gasteiger partial charge in [-0.2, -0.15) is 0 Å². The van der Waals surface area contributed by atoms with Crippen molar-refractivity contribution in [3.63, 3.8) is 0 Å². The van der Waals surface area contributed by atoms with E-state index >= 15 is 0 Å². The summed E-state index contributed by atoms with van der Waals surface area (Å²) in [5.74, 6) is 1.000. The molecule has 1 aromatic rings. The summed E-state index contributed by atoms with van der Waals surface area (Å²) in [5, 5.41) is 3.55. The van der Waals surface area contributed by atoms with E-state index in [9.17, 15) is 0 Å². The Morgan fingerprint density at radius 2 is 1.82 bits per heavy atom. The number of benzene rings is 1. The fraction of sp³-hybridized carbons (Fsp3) is 0.524. The molecule has 0 aromatic heterocycles. The normalized spacial score (nSPS) is 22.5. The van der Waals surface area contributed by atoms with Gasteiger partial charge >= 0.3 is 0 Å². The molecule has 0 bridgehead atoms. The van der Waals surface area contributed by atoms with Crippen molar-refractivity contribution in [2.24, 2.45) is 5.92 Å². The van der Waals surface area contributed by atoms with Crippen molar-refractivity contribution in [2.75, 3.05) is 0 Å². The average Bonchev–Trinajstić information content (AvgIpc) is 2.89. The molecule has 1 aliphatic heterocycles. The van der Waals surface area contributed by atoms with Crippen molar-refractivity contribution in [3.05, 3.63) is 59.8 Å². The molecule has 1 nitrogen and oxygen atoms in total.